The van der Waals surface area contributed by atoms with Gasteiger partial charge in [-0.3, -0.25) is 9.69 Å². The Balaban J connectivity index is 0.000000569. The van der Waals surface area contributed by atoms with Crippen LogP contribution in [0, 0.1) is 5.92 Å². The number of ether oxygens (including phenoxy) is 1. The standard InChI is InChI=1S/C22H27ClN2O2.C2H2O4/c23-21-11-5-4-10-20(21)13-24-22(26)15-25-12-6-9-19(14-25)17-27-16-18-7-2-1-3-8-18;3-1(4)2(5)6/h1-5,7-8,10-11,19H,6,9,12-17H2,(H,24,26);(H,3,4)(H,5,6). The van der Waals surface area contributed by atoms with E-state index < -0.39 is 11.9 Å². The molecule has 0 aliphatic carbocycles. The van der Waals surface area contributed by atoms with E-state index in [1.54, 1.807) is 0 Å². The van der Waals surface area contributed by atoms with E-state index in [9.17, 15) is 4.79 Å². The van der Waals surface area contributed by atoms with Crippen LogP contribution in [-0.4, -0.2) is 59.2 Å². The maximum Gasteiger partial charge on any atom is 0.414 e. The molecule has 0 aromatic heterocycles. The van der Waals surface area contributed by atoms with E-state index in [2.05, 4.69) is 22.3 Å². The minimum absolute atomic E-state index is 0.0424. The SMILES string of the molecule is O=C(CN1CCCC(COCc2ccccc2)C1)NCc1ccccc1Cl.O=C(O)C(=O)O. The first-order chi connectivity index (χ1) is 15.8. The zero-order chi connectivity index (χ0) is 24.1. The van der Waals surface area contributed by atoms with E-state index in [1.165, 1.54) is 5.56 Å². The zero-order valence-electron chi connectivity index (χ0n) is 18.3. The predicted octanol–water partition coefficient (Wildman–Crippen LogP) is 3.04. The van der Waals surface area contributed by atoms with E-state index in [0.717, 1.165) is 38.1 Å². The highest BCUT2D eigenvalue weighted by Gasteiger charge is 2.21. The van der Waals surface area contributed by atoms with Gasteiger partial charge in [0.2, 0.25) is 5.91 Å². The Morgan fingerprint density at radius 2 is 1.70 bits per heavy atom. The van der Waals surface area contributed by atoms with Crippen LogP contribution in [0.4, 0.5) is 0 Å². The second kappa shape index (κ2) is 14.3. The third-order valence-corrected chi connectivity index (χ3v) is 5.42. The van der Waals surface area contributed by atoms with Gasteiger partial charge in [0.15, 0.2) is 0 Å². The van der Waals surface area contributed by atoms with Crippen LogP contribution in [0.1, 0.15) is 24.0 Å². The fourth-order valence-electron chi connectivity index (χ4n) is 3.44. The number of likely N-dealkylation sites (tertiary alicyclic amines) is 1. The van der Waals surface area contributed by atoms with Gasteiger partial charge in [-0.25, -0.2) is 9.59 Å². The van der Waals surface area contributed by atoms with Crippen LogP contribution in [0.15, 0.2) is 54.6 Å². The van der Waals surface area contributed by atoms with E-state index in [1.807, 2.05) is 42.5 Å². The summed E-state index contributed by atoms with van der Waals surface area (Å²) in [5.41, 5.74) is 2.14. The van der Waals surface area contributed by atoms with Gasteiger partial charge in [0, 0.05) is 18.1 Å². The van der Waals surface area contributed by atoms with Gasteiger partial charge in [-0.2, -0.15) is 0 Å². The summed E-state index contributed by atoms with van der Waals surface area (Å²) in [5, 5.41) is 18.4. The number of carboxylic acids is 2. The van der Waals surface area contributed by atoms with Crippen LogP contribution in [0.3, 0.4) is 0 Å². The Labute approximate surface area is 198 Å². The van der Waals surface area contributed by atoms with Gasteiger partial charge in [0.05, 0.1) is 19.8 Å². The summed E-state index contributed by atoms with van der Waals surface area (Å²) in [6.45, 7) is 4.17. The molecule has 0 saturated carbocycles. The molecule has 8 nitrogen and oxygen atoms in total. The van der Waals surface area contributed by atoms with Crippen molar-refractivity contribution in [2.75, 3.05) is 26.2 Å². The largest absolute Gasteiger partial charge is 0.473 e. The average molecular weight is 477 g/mol. The molecule has 1 aliphatic rings. The van der Waals surface area contributed by atoms with Crippen molar-refractivity contribution in [3.05, 3.63) is 70.7 Å². The number of hydrogen-bond acceptors (Lipinski definition) is 5. The zero-order valence-corrected chi connectivity index (χ0v) is 19.0. The van der Waals surface area contributed by atoms with Gasteiger partial charge in [0.25, 0.3) is 0 Å². The van der Waals surface area contributed by atoms with Gasteiger partial charge in [-0.1, -0.05) is 60.1 Å². The lowest BCUT2D eigenvalue weighted by Crippen LogP contribution is -2.43. The molecule has 2 aromatic carbocycles. The number of aliphatic carboxylic acids is 2. The van der Waals surface area contributed by atoms with Crippen LogP contribution in [0.25, 0.3) is 0 Å². The predicted molar refractivity (Wildman–Crippen MR) is 124 cm³/mol. The third-order valence-electron chi connectivity index (χ3n) is 5.05. The van der Waals surface area contributed by atoms with Crippen molar-refractivity contribution < 1.29 is 29.3 Å². The number of rotatable bonds is 8. The molecule has 2 aromatic rings. The molecular formula is C24H29ClN2O6. The lowest BCUT2D eigenvalue weighted by molar-refractivity contribution is -0.159. The van der Waals surface area contributed by atoms with Crippen molar-refractivity contribution in [1.82, 2.24) is 10.2 Å². The van der Waals surface area contributed by atoms with Gasteiger partial charge >= 0.3 is 11.9 Å². The lowest BCUT2D eigenvalue weighted by atomic mass is 9.99. The summed E-state index contributed by atoms with van der Waals surface area (Å²) in [4.78, 5) is 32.7. The van der Waals surface area contributed by atoms with Crippen molar-refractivity contribution in [3.63, 3.8) is 0 Å². The van der Waals surface area contributed by atoms with Gasteiger partial charge in [-0.05, 0) is 42.5 Å². The smallest absolute Gasteiger partial charge is 0.414 e. The number of benzene rings is 2. The number of nitrogens with one attached hydrogen (secondary N) is 1. The molecule has 1 unspecified atom stereocenters. The van der Waals surface area contributed by atoms with Gasteiger partial charge in [-0.15, -0.1) is 0 Å². The summed E-state index contributed by atoms with van der Waals surface area (Å²) < 4.78 is 5.89. The Hall–Kier alpha value is -2.94. The summed E-state index contributed by atoms with van der Waals surface area (Å²) in [5.74, 6) is -3.12. The molecule has 1 atom stereocenters. The first kappa shape index (κ1) is 26.3. The van der Waals surface area contributed by atoms with Crippen molar-refractivity contribution >= 4 is 29.4 Å². The first-order valence-electron chi connectivity index (χ1n) is 10.7. The minimum Gasteiger partial charge on any atom is -0.473 e. The summed E-state index contributed by atoms with van der Waals surface area (Å²) in [7, 11) is 0. The summed E-state index contributed by atoms with van der Waals surface area (Å²) in [6, 6.07) is 17.8. The molecule has 178 valence electrons. The lowest BCUT2D eigenvalue weighted by Gasteiger charge is -2.32. The highest BCUT2D eigenvalue weighted by molar-refractivity contribution is 6.31. The van der Waals surface area contributed by atoms with Crippen molar-refractivity contribution in [3.8, 4) is 0 Å². The molecule has 33 heavy (non-hydrogen) atoms. The van der Waals surface area contributed by atoms with E-state index in [0.29, 0.717) is 30.6 Å². The maximum absolute atomic E-state index is 12.3. The fraction of sp³-hybridized carbons (Fsp3) is 0.375. The molecule has 1 aliphatic heterocycles. The molecular weight excluding hydrogens is 448 g/mol. The summed E-state index contributed by atoms with van der Waals surface area (Å²) in [6.07, 6.45) is 2.27. The number of hydrogen-bond donors (Lipinski definition) is 3. The van der Waals surface area contributed by atoms with Gasteiger partial charge in [0.1, 0.15) is 0 Å². The Morgan fingerprint density at radius 1 is 1.03 bits per heavy atom. The number of amides is 1. The van der Waals surface area contributed by atoms with E-state index in [4.69, 9.17) is 36.1 Å². The second-order valence-corrected chi connectivity index (χ2v) is 8.13. The van der Waals surface area contributed by atoms with E-state index >= 15 is 0 Å². The van der Waals surface area contributed by atoms with Crippen LogP contribution >= 0.6 is 11.6 Å². The van der Waals surface area contributed by atoms with Crippen molar-refractivity contribution in [2.24, 2.45) is 5.92 Å². The molecule has 1 saturated heterocycles. The van der Waals surface area contributed by atoms with Crippen LogP contribution < -0.4 is 5.32 Å². The van der Waals surface area contributed by atoms with E-state index in [-0.39, 0.29) is 5.91 Å². The number of nitrogens with zero attached hydrogens (tertiary/aromatic N) is 1. The molecule has 1 heterocycles. The number of carboxylic acid groups (broad SMARTS) is 2. The number of piperidine rings is 1. The fourth-order valence-corrected chi connectivity index (χ4v) is 3.65. The number of carbonyl (C=O) groups excluding carboxylic acids is 1. The molecule has 0 radical (unpaired) electrons. The Kier molecular flexibility index (Phi) is 11.4. The topological polar surface area (TPSA) is 116 Å². The third kappa shape index (κ3) is 10.5. The molecule has 3 N–H and O–H groups in total. The second-order valence-electron chi connectivity index (χ2n) is 7.72. The maximum atomic E-state index is 12.3. The normalized spacial score (nSPS) is 15.7. The molecule has 1 amide bonds. The minimum atomic E-state index is -1.82. The average Bonchev–Trinajstić information content (AvgIpc) is 2.80. The molecule has 3 rings (SSSR count). The molecule has 1 fully saturated rings. The van der Waals surface area contributed by atoms with Gasteiger partial charge < -0.3 is 20.3 Å². The first-order valence-corrected chi connectivity index (χ1v) is 11.0. The Morgan fingerprint density at radius 3 is 2.36 bits per heavy atom. The number of halogens is 1. The van der Waals surface area contributed by atoms with Crippen LogP contribution in [0.5, 0.6) is 0 Å². The van der Waals surface area contributed by atoms with Crippen molar-refractivity contribution in [1.29, 1.82) is 0 Å². The quantitative estimate of drug-likeness (QED) is 0.501. The molecule has 0 spiro atoms. The molecule has 0 bridgehead atoms. The Bertz CT molecular complexity index is 897. The van der Waals surface area contributed by atoms with Crippen molar-refractivity contribution in [2.45, 2.75) is 26.0 Å². The monoisotopic (exact) mass is 476 g/mol. The van der Waals surface area contributed by atoms with Crippen LogP contribution in [-0.2, 0) is 32.3 Å². The highest BCUT2D eigenvalue weighted by atomic mass is 35.5. The number of carbonyl (C=O) groups is 3. The van der Waals surface area contributed by atoms with Crippen LogP contribution in [0.2, 0.25) is 5.02 Å². The highest BCUT2D eigenvalue weighted by Crippen LogP contribution is 2.18. The molecule has 9 heteroatoms. The summed E-state index contributed by atoms with van der Waals surface area (Å²) >= 11 is 6.14.